The highest BCUT2D eigenvalue weighted by Crippen LogP contribution is 2.19. The highest BCUT2D eigenvalue weighted by Gasteiger charge is 2.20. The predicted octanol–water partition coefficient (Wildman–Crippen LogP) is 0.719. The molecule has 94 valence electrons. The summed E-state index contributed by atoms with van der Waals surface area (Å²) in [7, 11) is 0. The highest BCUT2D eigenvalue weighted by molar-refractivity contribution is 5.50. The van der Waals surface area contributed by atoms with Crippen LogP contribution in [0.4, 0.5) is 0 Å². The Morgan fingerprint density at radius 1 is 1.44 bits per heavy atom. The highest BCUT2D eigenvalue weighted by atomic mass is 16.4. The Balaban J connectivity index is 1.66. The average molecular weight is 246 g/mol. The molecule has 2 N–H and O–H groups in total. The van der Waals surface area contributed by atoms with Crippen LogP contribution in [0.1, 0.15) is 18.7 Å². The quantitative estimate of drug-likeness (QED) is 0.812. The van der Waals surface area contributed by atoms with Gasteiger partial charge in [0.05, 0.1) is 0 Å². The van der Waals surface area contributed by atoms with Gasteiger partial charge >= 0.3 is 0 Å². The zero-order valence-corrected chi connectivity index (χ0v) is 9.85. The molecule has 0 spiro atoms. The lowest BCUT2D eigenvalue weighted by atomic mass is 10.3. The molecule has 0 aliphatic heterocycles. The van der Waals surface area contributed by atoms with Crippen LogP contribution in [-0.2, 0) is 6.42 Å². The molecule has 1 fully saturated rings. The van der Waals surface area contributed by atoms with Gasteiger partial charge in [0.1, 0.15) is 0 Å². The van der Waals surface area contributed by atoms with Crippen LogP contribution in [0, 0.1) is 0 Å². The van der Waals surface area contributed by atoms with Gasteiger partial charge in [-0.1, -0.05) is 0 Å². The number of aromatic amines is 1. The van der Waals surface area contributed by atoms with Crippen LogP contribution in [0.3, 0.4) is 0 Å². The van der Waals surface area contributed by atoms with Crippen LogP contribution in [-0.4, -0.2) is 27.8 Å². The molecule has 1 saturated carbocycles. The number of nitrogens with zero attached hydrogens (tertiary/aromatic N) is 2. The van der Waals surface area contributed by atoms with Gasteiger partial charge in [0.15, 0.2) is 0 Å². The lowest BCUT2D eigenvalue weighted by Crippen LogP contribution is -2.19. The smallest absolute Gasteiger partial charge is 0.248 e. The monoisotopic (exact) mass is 246 g/mol. The van der Waals surface area contributed by atoms with E-state index in [1.807, 2.05) is 0 Å². The molecule has 2 heterocycles. The molecule has 0 unspecified atom stereocenters. The van der Waals surface area contributed by atoms with E-state index in [1.165, 1.54) is 18.9 Å². The minimum Gasteiger partial charge on any atom is -0.421 e. The number of hydrogen-bond acceptors (Lipinski definition) is 5. The normalized spacial score (nSPS) is 14.9. The molecule has 0 saturated heterocycles. The predicted molar refractivity (Wildman–Crippen MR) is 65.1 cm³/mol. The van der Waals surface area contributed by atoms with Gasteiger partial charge < -0.3 is 14.7 Å². The Labute approximate surface area is 103 Å². The van der Waals surface area contributed by atoms with E-state index in [0.29, 0.717) is 29.8 Å². The van der Waals surface area contributed by atoms with Gasteiger partial charge in [-0.3, -0.25) is 4.79 Å². The lowest BCUT2D eigenvalue weighted by molar-refractivity contribution is 0.494. The van der Waals surface area contributed by atoms with E-state index in [2.05, 4.69) is 20.5 Å². The number of rotatable bonds is 5. The van der Waals surface area contributed by atoms with Crippen molar-refractivity contribution in [1.29, 1.82) is 0 Å². The van der Waals surface area contributed by atoms with Gasteiger partial charge in [0.25, 0.3) is 0 Å². The van der Waals surface area contributed by atoms with Crippen molar-refractivity contribution in [3.63, 3.8) is 0 Å². The van der Waals surface area contributed by atoms with Gasteiger partial charge in [-0.25, -0.2) is 0 Å². The Hall–Kier alpha value is -1.95. The Morgan fingerprint density at radius 3 is 3.11 bits per heavy atom. The molecule has 0 bridgehead atoms. The first-order chi connectivity index (χ1) is 8.81. The van der Waals surface area contributed by atoms with Crippen molar-refractivity contribution in [2.75, 3.05) is 6.54 Å². The van der Waals surface area contributed by atoms with Crippen molar-refractivity contribution in [2.45, 2.75) is 25.3 Å². The van der Waals surface area contributed by atoms with Crippen molar-refractivity contribution in [2.24, 2.45) is 0 Å². The largest absolute Gasteiger partial charge is 0.421 e. The zero-order valence-electron chi connectivity index (χ0n) is 9.85. The molecule has 18 heavy (non-hydrogen) atoms. The summed E-state index contributed by atoms with van der Waals surface area (Å²) in [5.41, 5.74) is 0.468. The van der Waals surface area contributed by atoms with Crippen LogP contribution in [0.15, 0.2) is 27.5 Å². The van der Waals surface area contributed by atoms with E-state index < -0.39 is 0 Å². The first-order valence-corrected chi connectivity index (χ1v) is 6.06. The summed E-state index contributed by atoms with van der Waals surface area (Å²) in [4.78, 5) is 13.7. The third-order valence-corrected chi connectivity index (χ3v) is 2.84. The summed E-state index contributed by atoms with van der Waals surface area (Å²) in [6.07, 6.45) is 4.81. The fourth-order valence-corrected chi connectivity index (χ4v) is 1.72. The average Bonchev–Trinajstić information content (AvgIpc) is 3.06. The van der Waals surface area contributed by atoms with Crippen LogP contribution in [0.5, 0.6) is 0 Å². The molecule has 1 aliphatic rings. The van der Waals surface area contributed by atoms with Crippen molar-refractivity contribution in [1.82, 2.24) is 20.5 Å². The Morgan fingerprint density at radius 2 is 2.33 bits per heavy atom. The molecule has 0 atom stereocenters. The first kappa shape index (κ1) is 11.2. The van der Waals surface area contributed by atoms with E-state index in [4.69, 9.17) is 4.42 Å². The number of aromatic nitrogens is 3. The van der Waals surface area contributed by atoms with Gasteiger partial charge in [-0.15, -0.1) is 10.2 Å². The van der Waals surface area contributed by atoms with Crippen molar-refractivity contribution in [3.05, 3.63) is 34.6 Å². The van der Waals surface area contributed by atoms with Crippen molar-refractivity contribution < 1.29 is 4.42 Å². The van der Waals surface area contributed by atoms with E-state index >= 15 is 0 Å². The molecule has 0 aromatic carbocycles. The van der Waals surface area contributed by atoms with E-state index in [1.54, 1.807) is 12.3 Å². The van der Waals surface area contributed by atoms with Crippen LogP contribution >= 0.6 is 0 Å². The second-order valence-corrected chi connectivity index (χ2v) is 4.42. The molecule has 1 aliphatic carbocycles. The van der Waals surface area contributed by atoms with E-state index in [9.17, 15) is 4.79 Å². The lowest BCUT2D eigenvalue weighted by Gasteiger charge is -1.97. The topological polar surface area (TPSA) is 83.8 Å². The molecular formula is C12H14N4O2. The molecule has 6 nitrogen and oxygen atoms in total. The zero-order chi connectivity index (χ0) is 12.4. The minimum atomic E-state index is -0.178. The number of pyridine rings is 1. The number of hydrogen-bond donors (Lipinski definition) is 2. The van der Waals surface area contributed by atoms with Gasteiger partial charge in [-0.2, -0.15) is 0 Å². The summed E-state index contributed by atoms with van der Waals surface area (Å²) in [6.45, 7) is 0.849. The molecular weight excluding hydrogens is 232 g/mol. The molecule has 2 aromatic heterocycles. The maximum absolute atomic E-state index is 11.2. The van der Waals surface area contributed by atoms with Crippen LogP contribution < -0.4 is 10.9 Å². The molecule has 0 radical (unpaired) electrons. The maximum atomic E-state index is 11.2. The molecule has 6 heteroatoms. The minimum absolute atomic E-state index is 0.178. The standard InChI is InChI=1S/C12H14N4O2/c17-10-7-8(3-5-14-10)12-16-15-11(18-12)4-6-13-9-1-2-9/h3,5,7,9,13H,1-2,4,6H2,(H,14,17). The summed E-state index contributed by atoms with van der Waals surface area (Å²) in [5.74, 6) is 0.987. The Kier molecular flexibility index (Phi) is 2.93. The number of nitrogens with one attached hydrogen (secondary N) is 2. The third-order valence-electron chi connectivity index (χ3n) is 2.84. The fraction of sp³-hybridized carbons (Fsp3) is 0.417. The Bertz CT molecular complexity index is 586. The van der Waals surface area contributed by atoms with Gasteiger partial charge in [0, 0.05) is 36.8 Å². The first-order valence-electron chi connectivity index (χ1n) is 6.06. The van der Waals surface area contributed by atoms with Crippen molar-refractivity contribution >= 4 is 0 Å². The van der Waals surface area contributed by atoms with Gasteiger partial charge in [0.2, 0.25) is 17.3 Å². The third kappa shape index (κ3) is 2.65. The molecule has 0 amide bonds. The van der Waals surface area contributed by atoms with Gasteiger partial charge in [-0.05, 0) is 18.9 Å². The summed E-state index contributed by atoms with van der Waals surface area (Å²) < 4.78 is 5.51. The van der Waals surface area contributed by atoms with Crippen molar-refractivity contribution in [3.8, 4) is 11.5 Å². The van der Waals surface area contributed by atoms with Crippen LogP contribution in [0.25, 0.3) is 11.5 Å². The SMILES string of the molecule is O=c1cc(-c2nnc(CCNC3CC3)o2)cc[nH]1. The molecule has 3 rings (SSSR count). The summed E-state index contributed by atoms with van der Waals surface area (Å²) in [5, 5.41) is 11.3. The summed E-state index contributed by atoms with van der Waals surface area (Å²) >= 11 is 0. The fourth-order valence-electron chi connectivity index (χ4n) is 1.72. The van der Waals surface area contributed by atoms with E-state index in [0.717, 1.165) is 6.54 Å². The van der Waals surface area contributed by atoms with E-state index in [-0.39, 0.29) is 5.56 Å². The second kappa shape index (κ2) is 4.73. The summed E-state index contributed by atoms with van der Waals surface area (Å²) in [6, 6.07) is 3.86. The van der Waals surface area contributed by atoms with Crippen LogP contribution in [0.2, 0.25) is 0 Å². The number of H-pyrrole nitrogens is 1. The molecule has 2 aromatic rings. The second-order valence-electron chi connectivity index (χ2n) is 4.42. The maximum Gasteiger partial charge on any atom is 0.248 e.